The van der Waals surface area contributed by atoms with Crippen molar-refractivity contribution in [2.24, 2.45) is 27.4 Å². The smallest absolute Gasteiger partial charge is 0.264 e. The lowest BCUT2D eigenvalue weighted by Crippen LogP contribution is -2.42. The Labute approximate surface area is 237 Å². The van der Waals surface area contributed by atoms with Gasteiger partial charge >= 0.3 is 0 Å². The topological polar surface area (TPSA) is 134 Å². The molecule has 1 saturated carbocycles. The van der Waals surface area contributed by atoms with Crippen LogP contribution in [0.4, 0.5) is 19.0 Å². The number of aromatic nitrogens is 1. The van der Waals surface area contributed by atoms with E-state index < -0.39 is 18.1 Å². The summed E-state index contributed by atoms with van der Waals surface area (Å²) in [5.74, 6) is -0.975. The quantitative estimate of drug-likeness (QED) is 0.366. The molecule has 41 heavy (non-hydrogen) atoms. The highest BCUT2D eigenvalue weighted by molar-refractivity contribution is 6.06. The van der Waals surface area contributed by atoms with Crippen molar-refractivity contribution in [1.82, 2.24) is 15.2 Å². The molecule has 0 bridgehead atoms. The first kappa shape index (κ1) is 29.9. The highest BCUT2D eigenvalue weighted by Crippen LogP contribution is 2.29. The fourth-order valence-corrected chi connectivity index (χ4v) is 4.45. The van der Waals surface area contributed by atoms with Crippen LogP contribution < -0.4 is 22.1 Å². The number of nitrogens with two attached hydrogens (primary N) is 2. The lowest BCUT2D eigenvalue weighted by Gasteiger charge is -2.34. The van der Waals surface area contributed by atoms with E-state index in [4.69, 9.17) is 11.5 Å². The highest BCUT2D eigenvalue weighted by atomic mass is 19.3. The summed E-state index contributed by atoms with van der Waals surface area (Å²) in [6.07, 6.45) is 6.42. The van der Waals surface area contributed by atoms with Crippen LogP contribution in [0.2, 0.25) is 0 Å². The third kappa shape index (κ3) is 8.01. The zero-order valence-electron chi connectivity index (χ0n) is 22.9. The molecule has 2 aromatic rings. The maximum Gasteiger partial charge on any atom is 0.264 e. The molecule has 0 spiro atoms. The van der Waals surface area contributed by atoms with Crippen LogP contribution in [0.1, 0.15) is 60.5 Å². The number of amidine groups is 1. The van der Waals surface area contributed by atoms with Crippen LogP contribution in [-0.4, -0.2) is 53.5 Å². The number of hydrogen-bond donors (Lipinski definition) is 4. The number of carbonyl (C=O) groups excluding carboxylic acids is 1. The molecule has 3 aliphatic rings. The molecule has 1 aromatic carbocycles. The lowest BCUT2D eigenvalue weighted by molar-refractivity contribution is 0.102. The number of rotatable bonds is 7. The fourth-order valence-electron chi connectivity index (χ4n) is 4.45. The Morgan fingerprint density at radius 1 is 1.24 bits per heavy atom. The Morgan fingerprint density at radius 2 is 2.00 bits per heavy atom. The second-order valence-electron chi connectivity index (χ2n) is 10.3. The van der Waals surface area contributed by atoms with Gasteiger partial charge in [-0.05, 0) is 82.1 Å². The van der Waals surface area contributed by atoms with Gasteiger partial charge < -0.3 is 27.0 Å². The number of alkyl halides is 2. The molecule has 12 heteroatoms. The van der Waals surface area contributed by atoms with Crippen LogP contribution in [0.15, 0.2) is 64.6 Å². The first-order chi connectivity index (χ1) is 19.7. The highest BCUT2D eigenvalue weighted by Gasteiger charge is 2.26. The number of carbonyl (C=O) groups is 1. The summed E-state index contributed by atoms with van der Waals surface area (Å²) >= 11 is 0. The Morgan fingerprint density at radius 3 is 2.61 bits per heavy atom. The second-order valence-corrected chi connectivity index (χ2v) is 10.3. The van der Waals surface area contributed by atoms with Gasteiger partial charge in [-0.2, -0.15) is 0 Å². The predicted octanol–water partition coefficient (Wildman–Crippen LogP) is 4.42. The summed E-state index contributed by atoms with van der Waals surface area (Å²) in [5, 5.41) is 5.88. The maximum atomic E-state index is 15.3. The average molecular weight is 569 g/mol. The van der Waals surface area contributed by atoms with Gasteiger partial charge in [0.25, 0.3) is 12.3 Å². The normalized spacial score (nSPS) is 21.5. The Bertz CT molecular complexity index is 1350. The molecule has 9 nitrogen and oxygen atoms in total. The van der Waals surface area contributed by atoms with Gasteiger partial charge in [0.15, 0.2) is 0 Å². The first-order valence-electron chi connectivity index (χ1n) is 13.5. The zero-order chi connectivity index (χ0) is 29.5. The molecule has 2 fully saturated rings. The fraction of sp³-hybridized carbons (Fsp3) is 0.379. The Kier molecular flexibility index (Phi) is 9.90. The average Bonchev–Trinajstić information content (AvgIpc) is 3.74. The van der Waals surface area contributed by atoms with E-state index in [9.17, 15) is 13.6 Å². The van der Waals surface area contributed by atoms with Gasteiger partial charge in [0.1, 0.15) is 23.2 Å². The van der Waals surface area contributed by atoms with Crippen molar-refractivity contribution in [2.45, 2.75) is 51.1 Å². The number of hydrogen-bond acceptors (Lipinski definition) is 8. The van der Waals surface area contributed by atoms with E-state index in [0.29, 0.717) is 30.2 Å². The molecule has 1 saturated heterocycles. The van der Waals surface area contributed by atoms with E-state index in [1.165, 1.54) is 25.0 Å². The van der Waals surface area contributed by atoms with Gasteiger partial charge in [0.2, 0.25) is 0 Å². The molecule has 218 valence electrons. The standard InChI is InChI=1S/C26H28F3N7O.C3H7N/c1-15-3-4-16(13-34-15)14-36-10-9-33-25(30)23(36)22(31-2)19-6-5-18(11-20(19)27)26(37)35-21-12-17(24(28)29)7-8-32-21;4-3-1-2-3/h5-12,15-16,24,34H,2-4,13-14H2,1H3,(H2,30,33)(H,32,35,37);3H,1-2,4H2/b23-22-;/t15-,16+;/m0./s1. The summed E-state index contributed by atoms with van der Waals surface area (Å²) in [7, 11) is 0. The van der Waals surface area contributed by atoms with E-state index in [0.717, 1.165) is 43.8 Å². The SMILES string of the molecule is C=N/C(=C1/C(N)=NC=CN1C[C@@H]1CC[C@H](C)NC1)c1ccc(C(=O)Nc2cc(C(F)F)ccn2)cc1F.NC1CC1. The molecule has 6 N–H and O–H groups in total. The number of benzene rings is 1. The molecule has 1 aliphatic carbocycles. The molecular formula is C29H35F3N8O. The number of anilines is 1. The summed E-state index contributed by atoms with van der Waals surface area (Å²) in [6, 6.07) is 7.10. The van der Waals surface area contributed by atoms with Crippen LogP contribution in [0, 0.1) is 11.7 Å². The van der Waals surface area contributed by atoms with Crippen LogP contribution in [0.25, 0.3) is 5.70 Å². The van der Waals surface area contributed by atoms with E-state index in [1.807, 2.05) is 4.90 Å². The third-order valence-corrected chi connectivity index (χ3v) is 6.98. The summed E-state index contributed by atoms with van der Waals surface area (Å²) in [4.78, 5) is 26.6. The van der Waals surface area contributed by atoms with Crippen molar-refractivity contribution in [3.8, 4) is 0 Å². The molecule has 5 rings (SSSR count). The van der Waals surface area contributed by atoms with Crippen LogP contribution in [0.5, 0.6) is 0 Å². The summed E-state index contributed by atoms with van der Waals surface area (Å²) in [5.41, 5.74) is 11.8. The first-order valence-corrected chi connectivity index (χ1v) is 13.5. The van der Waals surface area contributed by atoms with Crippen molar-refractivity contribution >= 4 is 30.0 Å². The summed E-state index contributed by atoms with van der Waals surface area (Å²) in [6.45, 7) is 7.25. The lowest BCUT2D eigenvalue weighted by atomic mass is 9.94. The van der Waals surface area contributed by atoms with E-state index >= 15 is 4.39 Å². The van der Waals surface area contributed by atoms with Crippen molar-refractivity contribution in [1.29, 1.82) is 0 Å². The third-order valence-electron chi connectivity index (χ3n) is 6.98. The number of aliphatic imine (C=N–C) groups is 2. The van der Waals surface area contributed by atoms with Crippen molar-refractivity contribution in [3.63, 3.8) is 0 Å². The number of piperidine rings is 1. The van der Waals surface area contributed by atoms with Gasteiger partial charge in [0, 0.05) is 53.9 Å². The van der Waals surface area contributed by atoms with Crippen LogP contribution in [-0.2, 0) is 0 Å². The minimum Gasteiger partial charge on any atom is -0.382 e. The number of pyridine rings is 1. The molecule has 2 aliphatic heterocycles. The molecule has 0 radical (unpaired) electrons. The minimum absolute atomic E-state index is 0.0247. The van der Waals surface area contributed by atoms with E-state index in [1.54, 1.807) is 12.4 Å². The van der Waals surface area contributed by atoms with Gasteiger partial charge in [-0.1, -0.05) is 0 Å². The van der Waals surface area contributed by atoms with Crippen molar-refractivity contribution in [3.05, 3.63) is 77.1 Å². The van der Waals surface area contributed by atoms with Crippen molar-refractivity contribution < 1.29 is 18.0 Å². The van der Waals surface area contributed by atoms with Crippen LogP contribution in [0.3, 0.4) is 0 Å². The van der Waals surface area contributed by atoms with Crippen molar-refractivity contribution in [2.75, 3.05) is 18.4 Å². The largest absolute Gasteiger partial charge is 0.382 e. The molecule has 1 aromatic heterocycles. The predicted molar refractivity (Wildman–Crippen MR) is 155 cm³/mol. The van der Waals surface area contributed by atoms with Gasteiger partial charge in [-0.3, -0.25) is 9.79 Å². The Hall–Kier alpha value is -4.03. The van der Waals surface area contributed by atoms with E-state index in [-0.39, 0.29) is 34.0 Å². The van der Waals surface area contributed by atoms with Gasteiger partial charge in [0.05, 0.1) is 5.70 Å². The van der Waals surface area contributed by atoms with E-state index in [2.05, 4.69) is 39.2 Å². The monoisotopic (exact) mass is 568 g/mol. The molecule has 1 amide bonds. The minimum atomic E-state index is -2.71. The van der Waals surface area contributed by atoms with Gasteiger partial charge in [-0.15, -0.1) is 0 Å². The van der Waals surface area contributed by atoms with Gasteiger partial charge in [-0.25, -0.2) is 23.1 Å². The number of nitrogens with one attached hydrogen (secondary N) is 2. The molecule has 2 atom stereocenters. The van der Waals surface area contributed by atoms with Crippen LogP contribution >= 0.6 is 0 Å². The molecule has 0 unspecified atom stereocenters. The molecular weight excluding hydrogens is 533 g/mol. The summed E-state index contributed by atoms with van der Waals surface area (Å²) < 4.78 is 41.2. The maximum absolute atomic E-state index is 15.3. The Balaban J connectivity index is 0.000000890. The number of amides is 1. The number of halogens is 3. The number of nitrogens with zero attached hydrogens (tertiary/aromatic N) is 4. The zero-order valence-corrected chi connectivity index (χ0v) is 22.9. The molecule has 3 heterocycles. The second kappa shape index (κ2) is 13.6.